The highest BCUT2D eigenvalue weighted by atomic mass is 35.5. The number of nitrogens with zero attached hydrogens (tertiary/aromatic N) is 2. The van der Waals surface area contributed by atoms with Gasteiger partial charge in [0.05, 0.1) is 16.5 Å². The molecule has 1 unspecified atom stereocenters. The fourth-order valence-corrected chi connectivity index (χ4v) is 3.22. The van der Waals surface area contributed by atoms with Crippen molar-refractivity contribution in [3.05, 3.63) is 29.3 Å². The minimum Gasteiger partial charge on any atom is -0.481 e. The van der Waals surface area contributed by atoms with Gasteiger partial charge in [0.25, 0.3) is 0 Å². The number of hydrogen-bond acceptors (Lipinski definition) is 5. The van der Waals surface area contributed by atoms with Gasteiger partial charge in [0.1, 0.15) is 0 Å². The van der Waals surface area contributed by atoms with Gasteiger partial charge in [-0.05, 0) is 30.8 Å². The summed E-state index contributed by atoms with van der Waals surface area (Å²) in [5.41, 5.74) is 0.861. The van der Waals surface area contributed by atoms with Gasteiger partial charge < -0.3 is 9.63 Å². The van der Waals surface area contributed by atoms with Gasteiger partial charge >= 0.3 is 5.97 Å². The number of aliphatic carboxylic acids is 1. The predicted octanol–water partition coefficient (Wildman–Crippen LogP) is 3.12. The molecule has 1 aliphatic rings. The lowest BCUT2D eigenvalue weighted by molar-refractivity contribution is -0.143. The molecule has 2 aromatic rings. The first kappa shape index (κ1) is 16.0. The van der Waals surface area contributed by atoms with E-state index in [2.05, 4.69) is 10.1 Å². The van der Waals surface area contributed by atoms with E-state index in [1.54, 1.807) is 11.3 Å². The van der Waals surface area contributed by atoms with Crippen molar-refractivity contribution in [1.29, 1.82) is 0 Å². The first-order chi connectivity index (χ1) is 9.72. The van der Waals surface area contributed by atoms with Crippen molar-refractivity contribution in [1.82, 2.24) is 10.1 Å². The van der Waals surface area contributed by atoms with Crippen LogP contribution in [0.2, 0.25) is 0 Å². The fourth-order valence-electron chi connectivity index (χ4n) is 2.55. The number of thiophene rings is 1. The van der Waals surface area contributed by atoms with E-state index in [0.29, 0.717) is 13.1 Å². The van der Waals surface area contributed by atoms with Crippen molar-refractivity contribution >= 4 is 29.7 Å². The summed E-state index contributed by atoms with van der Waals surface area (Å²) in [6, 6.07) is 5.91. The average molecular weight is 329 g/mol. The summed E-state index contributed by atoms with van der Waals surface area (Å²) in [5.74, 6) is -0.177. The first-order valence-corrected chi connectivity index (χ1v) is 7.55. The number of carboxylic acid groups (broad SMARTS) is 1. The van der Waals surface area contributed by atoms with Gasteiger partial charge in [-0.15, -0.1) is 23.7 Å². The largest absolute Gasteiger partial charge is 0.481 e. The lowest BCUT2D eigenvalue weighted by atomic mass is 9.98. The van der Waals surface area contributed by atoms with Gasteiger partial charge in [0.15, 0.2) is 5.76 Å². The van der Waals surface area contributed by atoms with Crippen LogP contribution in [-0.2, 0) is 11.3 Å². The zero-order valence-electron chi connectivity index (χ0n) is 11.4. The Hall–Kier alpha value is -1.37. The third kappa shape index (κ3) is 3.84. The van der Waals surface area contributed by atoms with Crippen molar-refractivity contribution in [2.24, 2.45) is 5.92 Å². The smallest absolute Gasteiger partial charge is 0.307 e. The van der Waals surface area contributed by atoms with Crippen LogP contribution in [-0.4, -0.2) is 34.2 Å². The molecule has 0 radical (unpaired) electrons. The van der Waals surface area contributed by atoms with Crippen LogP contribution in [0.15, 0.2) is 28.1 Å². The maximum absolute atomic E-state index is 11.1. The second kappa shape index (κ2) is 7.06. The van der Waals surface area contributed by atoms with Crippen molar-refractivity contribution in [3.63, 3.8) is 0 Å². The molecular weight excluding hydrogens is 312 g/mol. The SMILES string of the molecule is Cl.O=C(O)C1CCCN(Cc2cc(-c3cccs3)on2)C1. The van der Waals surface area contributed by atoms with Gasteiger partial charge in [-0.3, -0.25) is 9.69 Å². The van der Waals surface area contributed by atoms with Gasteiger partial charge in [-0.2, -0.15) is 0 Å². The van der Waals surface area contributed by atoms with Crippen LogP contribution in [0.3, 0.4) is 0 Å². The summed E-state index contributed by atoms with van der Waals surface area (Å²) in [4.78, 5) is 14.3. The summed E-state index contributed by atoms with van der Waals surface area (Å²) < 4.78 is 5.34. The first-order valence-electron chi connectivity index (χ1n) is 6.67. The van der Waals surface area contributed by atoms with E-state index < -0.39 is 5.97 Å². The Morgan fingerprint density at radius 3 is 3.14 bits per heavy atom. The molecule has 3 heterocycles. The molecule has 5 nitrogen and oxygen atoms in total. The Morgan fingerprint density at radius 1 is 1.57 bits per heavy atom. The highest BCUT2D eigenvalue weighted by Crippen LogP contribution is 2.26. The number of carbonyl (C=O) groups is 1. The number of likely N-dealkylation sites (tertiary alicyclic amines) is 1. The number of rotatable bonds is 4. The zero-order valence-corrected chi connectivity index (χ0v) is 13.0. The Balaban J connectivity index is 0.00000161. The molecule has 0 saturated carbocycles. The van der Waals surface area contributed by atoms with Crippen LogP contribution in [0.1, 0.15) is 18.5 Å². The Labute approximate surface area is 133 Å². The van der Waals surface area contributed by atoms with Crippen LogP contribution in [0.5, 0.6) is 0 Å². The van der Waals surface area contributed by atoms with Gasteiger partial charge in [0.2, 0.25) is 0 Å². The summed E-state index contributed by atoms with van der Waals surface area (Å²) >= 11 is 1.61. The maximum Gasteiger partial charge on any atom is 0.307 e. The van der Waals surface area contributed by atoms with E-state index in [-0.39, 0.29) is 18.3 Å². The molecule has 1 aliphatic heterocycles. The molecule has 21 heavy (non-hydrogen) atoms. The van der Waals surface area contributed by atoms with Crippen molar-refractivity contribution in [2.45, 2.75) is 19.4 Å². The molecule has 1 fully saturated rings. The van der Waals surface area contributed by atoms with Crippen LogP contribution in [0, 0.1) is 5.92 Å². The molecule has 0 amide bonds. The standard InChI is InChI=1S/C14H16N2O3S.ClH/c17-14(18)10-3-1-5-16(8-10)9-11-7-12(19-15-11)13-4-2-6-20-13;/h2,4,6-7,10H,1,3,5,8-9H2,(H,17,18);1H. The topological polar surface area (TPSA) is 66.6 Å². The molecule has 0 aromatic carbocycles. The molecule has 3 rings (SSSR count). The normalized spacial score (nSPS) is 19.1. The van der Waals surface area contributed by atoms with E-state index in [0.717, 1.165) is 35.7 Å². The minimum atomic E-state index is -0.700. The highest BCUT2D eigenvalue weighted by Gasteiger charge is 2.25. The number of hydrogen-bond donors (Lipinski definition) is 1. The van der Waals surface area contributed by atoms with Gasteiger partial charge in [-0.1, -0.05) is 11.2 Å². The molecule has 7 heteroatoms. The molecule has 0 aliphatic carbocycles. The Kier molecular flexibility index (Phi) is 5.39. The quantitative estimate of drug-likeness (QED) is 0.934. The summed E-state index contributed by atoms with van der Waals surface area (Å²) in [6.45, 7) is 2.17. The maximum atomic E-state index is 11.1. The second-order valence-electron chi connectivity index (χ2n) is 5.07. The van der Waals surface area contributed by atoms with Crippen LogP contribution in [0.25, 0.3) is 10.6 Å². The van der Waals surface area contributed by atoms with Crippen molar-refractivity contribution < 1.29 is 14.4 Å². The molecule has 0 spiro atoms. The van der Waals surface area contributed by atoms with Crippen LogP contribution >= 0.6 is 23.7 Å². The van der Waals surface area contributed by atoms with E-state index in [4.69, 9.17) is 9.63 Å². The molecule has 114 valence electrons. The molecular formula is C14H17ClN2O3S. The zero-order chi connectivity index (χ0) is 13.9. The van der Waals surface area contributed by atoms with E-state index in [1.807, 2.05) is 23.6 Å². The van der Waals surface area contributed by atoms with Gasteiger partial charge in [-0.25, -0.2) is 0 Å². The van der Waals surface area contributed by atoms with E-state index in [9.17, 15) is 4.79 Å². The second-order valence-corrected chi connectivity index (χ2v) is 6.02. The molecule has 1 atom stereocenters. The fraction of sp³-hybridized carbons (Fsp3) is 0.429. The van der Waals surface area contributed by atoms with E-state index in [1.165, 1.54) is 0 Å². The lowest BCUT2D eigenvalue weighted by Gasteiger charge is -2.29. The molecule has 1 saturated heterocycles. The number of carboxylic acids is 1. The van der Waals surface area contributed by atoms with Crippen molar-refractivity contribution in [3.8, 4) is 10.6 Å². The van der Waals surface area contributed by atoms with Gasteiger partial charge in [0, 0.05) is 19.2 Å². The van der Waals surface area contributed by atoms with Crippen molar-refractivity contribution in [2.75, 3.05) is 13.1 Å². The third-order valence-corrected chi connectivity index (χ3v) is 4.45. The number of piperidine rings is 1. The molecule has 2 aromatic heterocycles. The summed E-state index contributed by atoms with van der Waals surface area (Å²) in [7, 11) is 0. The van der Waals surface area contributed by atoms with Crippen LogP contribution in [0.4, 0.5) is 0 Å². The Morgan fingerprint density at radius 2 is 2.43 bits per heavy atom. The average Bonchev–Trinajstić information content (AvgIpc) is 3.09. The lowest BCUT2D eigenvalue weighted by Crippen LogP contribution is -2.38. The number of aromatic nitrogens is 1. The summed E-state index contributed by atoms with van der Waals surface area (Å²) in [6.07, 6.45) is 1.69. The highest BCUT2D eigenvalue weighted by molar-refractivity contribution is 7.13. The number of halogens is 1. The predicted molar refractivity (Wildman–Crippen MR) is 82.7 cm³/mol. The van der Waals surface area contributed by atoms with E-state index >= 15 is 0 Å². The summed E-state index contributed by atoms with van der Waals surface area (Å²) in [5, 5.41) is 15.2. The third-order valence-electron chi connectivity index (χ3n) is 3.56. The van der Waals surface area contributed by atoms with Crippen LogP contribution < -0.4 is 0 Å². The Bertz CT molecular complexity index is 585. The molecule has 0 bridgehead atoms. The minimum absolute atomic E-state index is 0. The molecule has 1 N–H and O–H groups in total. The monoisotopic (exact) mass is 328 g/mol.